The molecule has 1 aromatic heterocycles. The van der Waals surface area contributed by atoms with Crippen molar-refractivity contribution in [1.82, 2.24) is 4.57 Å². The van der Waals surface area contributed by atoms with Gasteiger partial charge in [0, 0.05) is 27.9 Å². The molecule has 0 saturated heterocycles. The van der Waals surface area contributed by atoms with E-state index in [0.29, 0.717) is 13.2 Å². The number of rotatable bonds is 5. The number of para-hydroxylation sites is 1. The molecule has 0 amide bonds. The maximum absolute atomic E-state index is 11.2. The van der Waals surface area contributed by atoms with Crippen molar-refractivity contribution in [3.05, 3.63) is 67.3 Å². The van der Waals surface area contributed by atoms with E-state index in [1.54, 1.807) is 0 Å². The van der Waals surface area contributed by atoms with Crippen LogP contribution in [0.15, 0.2) is 61.7 Å². The number of hydrogen-bond donors (Lipinski definition) is 0. The number of benzene rings is 2. The molecule has 22 heavy (non-hydrogen) atoms. The van der Waals surface area contributed by atoms with E-state index in [-0.39, 0.29) is 0 Å². The summed E-state index contributed by atoms with van der Waals surface area (Å²) in [6, 6.07) is 14.5. The Morgan fingerprint density at radius 1 is 1.09 bits per heavy atom. The molecule has 3 aromatic rings. The average Bonchev–Trinajstić information content (AvgIpc) is 2.88. The van der Waals surface area contributed by atoms with Gasteiger partial charge in [-0.15, -0.1) is 0 Å². The third-order valence-electron chi connectivity index (χ3n) is 3.76. The Hall–Kier alpha value is -2.81. The molecule has 3 rings (SSSR count). The van der Waals surface area contributed by atoms with Crippen molar-refractivity contribution in [1.29, 1.82) is 0 Å². The molecule has 3 nitrogen and oxygen atoms in total. The SMILES string of the molecule is C=CC(=O)OCCn1c2ccccc2c2cc(C=C)ccc21. The normalized spacial score (nSPS) is 10.7. The van der Waals surface area contributed by atoms with Gasteiger partial charge in [-0.05, 0) is 23.8 Å². The van der Waals surface area contributed by atoms with Crippen molar-refractivity contribution in [3.63, 3.8) is 0 Å². The average molecular weight is 291 g/mol. The first-order valence-corrected chi connectivity index (χ1v) is 7.17. The van der Waals surface area contributed by atoms with Crippen molar-refractivity contribution >= 4 is 33.9 Å². The van der Waals surface area contributed by atoms with Crippen molar-refractivity contribution in [2.24, 2.45) is 0 Å². The summed E-state index contributed by atoms with van der Waals surface area (Å²) in [6.45, 7) is 8.16. The molecule has 0 bridgehead atoms. The Kier molecular flexibility index (Phi) is 3.79. The molecule has 1 heterocycles. The van der Waals surface area contributed by atoms with Crippen LogP contribution in [0.4, 0.5) is 0 Å². The number of nitrogens with zero attached hydrogens (tertiary/aromatic N) is 1. The molecule has 0 aliphatic heterocycles. The van der Waals surface area contributed by atoms with Crippen molar-refractivity contribution < 1.29 is 9.53 Å². The van der Waals surface area contributed by atoms with Crippen molar-refractivity contribution in [2.75, 3.05) is 6.61 Å². The predicted octanol–water partition coefficient (Wildman–Crippen LogP) is 4.17. The highest BCUT2D eigenvalue weighted by Gasteiger charge is 2.10. The van der Waals surface area contributed by atoms with Crippen LogP contribution in [0, 0.1) is 0 Å². The van der Waals surface area contributed by atoms with Crippen LogP contribution >= 0.6 is 0 Å². The molecular weight excluding hydrogens is 274 g/mol. The van der Waals surface area contributed by atoms with Gasteiger partial charge in [0.15, 0.2) is 0 Å². The number of carbonyl (C=O) groups is 1. The molecule has 0 fully saturated rings. The second-order valence-electron chi connectivity index (χ2n) is 5.02. The molecule has 3 heteroatoms. The first-order chi connectivity index (χ1) is 10.7. The molecule has 0 spiro atoms. The zero-order valence-electron chi connectivity index (χ0n) is 12.3. The van der Waals surface area contributed by atoms with E-state index >= 15 is 0 Å². The summed E-state index contributed by atoms with van der Waals surface area (Å²) in [4.78, 5) is 11.2. The molecule has 0 unspecified atom stereocenters. The fourth-order valence-corrected chi connectivity index (χ4v) is 2.74. The van der Waals surface area contributed by atoms with Crippen molar-refractivity contribution in [2.45, 2.75) is 6.54 Å². The van der Waals surface area contributed by atoms with E-state index in [1.165, 1.54) is 16.8 Å². The van der Waals surface area contributed by atoms with Crippen molar-refractivity contribution in [3.8, 4) is 0 Å². The topological polar surface area (TPSA) is 31.2 Å². The number of aromatic nitrogens is 1. The second-order valence-corrected chi connectivity index (χ2v) is 5.02. The van der Waals surface area contributed by atoms with E-state index < -0.39 is 5.97 Å². The standard InChI is InChI=1S/C19H17NO2/c1-3-14-9-10-18-16(13-14)15-7-5-6-8-17(15)20(18)11-12-22-19(21)4-2/h3-10,13H,1-2,11-12H2. The number of esters is 1. The number of carbonyl (C=O) groups excluding carboxylic acids is 1. The Morgan fingerprint density at radius 3 is 2.64 bits per heavy atom. The Labute approximate surface area is 129 Å². The summed E-state index contributed by atoms with van der Waals surface area (Å²) in [6.07, 6.45) is 3.03. The summed E-state index contributed by atoms with van der Waals surface area (Å²) in [5.74, 6) is -0.394. The van der Waals surface area contributed by atoms with Gasteiger partial charge in [-0.2, -0.15) is 0 Å². The highest BCUT2D eigenvalue weighted by atomic mass is 16.5. The smallest absolute Gasteiger partial charge is 0.330 e. The molecule has 0 atom stereocenters. The number of fused-ring (bicyclic) bond motifs is 3. The first kappa shape index (κ1) is 14.1. The van der Waals surface area contributed by atoms with Crippen LogP contribution < -0.4 is 0 Å². The zero-order chi connectivity index (χ0) is 15.5. The monoisotopic (exact) mass is 291 g/mol. The van der Waals surface area contributed by atoms with Crippen LogP contribution in [0.25, 0.3) is 27.9 Å². The van der Waals surface area contributed by atoms with Gasteiger partial charge in [0.25, 0.3) is 0 Å². The minimum absolute atomic E-state index is 0.321. The van der Waals surface area contributed by atoms with Gasteiger partial charge in [-0.1, -0.05) is 43.5 Å². The molecule has 2 aromatic carbocycles. The summed E-state index contributed by atoms with van der Waals surface area (Å²) >= 11 is 0. The Morgan fingerprint density at radius 2 is 1.86 bits per heavy atom. The van der Waals surface area contributed by atoms with E-state index in [4.69, 9.17) is 4.74 Å². The van der Waals surface area contributed by atoms with Crippen LogP contribution in [-0.4, -0.2) is 17.1 Å². The van der Waals surface area contributed by atoms with Crippen LogP contribution in [0.5, 0.6) is 0 Å². The van der Waals surface area contributed by atoms with Gasteiger partial charge < -0.3 is 9.30 Å². The minimum atomic E-state index is -0.394. The van der Waals surface area contributed by atoms with Gasteiger partial charge in [0.2, 0.25) is 0 Å². The summed E-state index contributed by atoms with van der Waals surface area (Å²) in [7, 11) is 0. The lowest BCUT2D eigenvalue weighted by molar-refractivity contribution is -0.137. The summed E-state index contributed by atoms with van der Waals surface area (Å²) in [5, 5.41) is 2.37. The third-order valence-corrected chi connectivity index (χ3v) is 3.76. The molecule has 0 N–H and O–H groups in total. The van der Waals surface area contributed by atoms with Gasteiger partial charge in [-0.25, -0.2) is 4.79 Å². The van der Waals surface area contributed by atoms with E-state index in [9.17, 15) is 4.79 Å². The Bertz CT molecular complexity index is 874. The lowest BCUT2D eigenvalue weighted by Gasteiger charge is -2.07. The van der Waals surface area contributed by atoms with Crippen LogP contribution in [-0.2, 0) is 16.1 Å². The van der Waals surface area contributed by atoms with Gasteiger partial charge in [0.1, 0.15) is 6.61 Å². The molecular formula is C19H17NO2. The molecule has 0 radical (unpaired) electrons. The van der Waals surface area contributed by atoms with Crippen LogP contribution in [0.1, 0.15) is 5.56 Å². The van der Waals surface area contributed by atoms with Gasteiger partial charge in [-0.3, -0.25) is 0 Å². The van der Waals surface area contributed by atoms with E-state index in [0.717, 1.165) is 16.6 Å². The molecule has 110 valence electrons. The maximum atomic E-state index is 11.2. The molecule has 0 saturated carbocycles. The van der Waals surface area contributed by atoms with E-state index in [1.807, 2.05) is 24.3 Å². The predicted molar refractivity (Wildman–Crippen MR) is 90.7 cm³/mol. The maximum Gasteiger partial charge on any atom is 0.330 e. The quantitative estimate of drug-likeness (QED) is 0.522. The van der Waals surface area contributed by atoms with Gasteiger partial charge in [0.05, 0.1) is 6.54 Å². The highest BCUT2D eigenvalue weighted by Crippen LogP contribution is 2.29. The van der Waals surface area contributed by atoms with Gasteiger partial charge >= 0.3 is 5.97 Å². The number of ether oxygens (including phenoxy) is 1. The second kappa shape index (κ2) is 5.90. The number of hydrogen-bond acceptors (Lipinski definition) is 2. The third kappa shape index (κ3) is 2.42. The van der Waals surface area contributed by atoms with Crippen LogP contribution in [0.2, 0.25) is 0 Å². The van der Waals surface area contributed by atoms with E-state index in [2.05, 4.69) is 42.0 Å². The first-order valence-electron chi connectivity index (χ1n) is 7.17. The fourth-order valence-electron chi connectivity index (χ4n) is 2.74. The molecule has 0 aliphatic carbocycles. The minimum Gasteiger partial charge on any atom is -0.461 e. The summed E-state index contributed by atoms with van der Waals surface area (Å²) < 4.78 is 7.29. The summed E-state index contributed by atoms with van der Waals surface area (Å²) in [5.41, 5.74) is 3.35. The highest BCUT2D eigenvalue weighted by molar-refractivity contribution is 6.08. The fraction of sp³-hybridized carbons (Fsp3) is 0.105. The molecule has 0 aliphatic rings. The van der Waals surface area contributed by atoms with Crippen LogP contribution in [0.3, 0.4) is 0 Å². The lowest BCUT2D eigenvalue weighted by Crippen LogP contribution is -2.09. The lowest BCUT2D eigenvalue weighted by atomic mass is 10.1. The zero-order valence-corrected chi connectivity index (χ0v) is 12.3. The largest absolute Gasteiger partial charge is 0.461 e. The Balaban J connectivity index is 2.08.